The van der Waals surface area contributed by atoms with Gasteiger partial charge in [-0.05, 0) is 37.1 Å². The second-order valence-corrected chi connectivity index (χ2v) is 13.9. The first-order chi connectivity index (χ1) is 21.7. The number of likely N-dealkylation sites (tertiary alicyclic amines) is 1. The van der Waals surface area contributed by atoms with Crippen LogP contribution in [0.25, 0.3) is 0 Å². The number of hydrogen-bond acceptors (Lipinski definition) is 11. The average molecular weight is 630 g/mol. The summed E-state index contributed by atoms with van der Waals surface area (Å²) < 4.78 is 42.0. The molecule has 7 rings (SSSR count). The molecule has 5 unspecified atom stereocenters. The molecule has 0 radical (unpaired) electrons. The molecule has 1 aromatic rings. The molecule has 11 nitrogen and oxygen atoms in total. The minimum atomic E-state index is -1.47. The Balaban J connectivity index is 1.39. The van der Waals surface area contributed by atoms with Crippen LogP contribution in [-0.2, 0) is 23.7 Å². The topological polar surface area (TPSA) is 125 Å². The maximum Gasteiger partial charge on any atom is 0.338 e. The summed E-state index contributed by atoms with van der Waals surface area (Å²) in [6.45, 7) is 4.00. The van der Waals surface area contributed by atoms with E-state index in [1.54, 1.807) is 46.6 Å². The number of fused-ring (bicyclic) bond motifs is 2. The van der Waals surface area contributed by atoms with Gasteiger partial charge in [-0.2, -0.15) is 0 Å². The summed E-state index contributed by atoms with van der Waals surface area (Å²) in [7, 11) is 9.83. The van der Waals surface area contributed by atoms with Crippen molar-refractivity contribution in [2.45, 2.75) is 61.9 Å². The lowest BCUT2D eigenvalue weighted by molar-refractivity contribution is -0.275. The largest absolute Gasteiger partial charge is 0.493 e. The molecular weight excluding hydrogens is 582 g/mol. The Kier molecular flexibility index (Phi) is 7.60. The van der Waals surface area contributed by atoms with Gasteiger partial charge in [0.15, 0.2) is 11.5 Å². The zero-order valence-corrected chi connectivity index (χ0v) is 27.2. The third-order valence-corrected chi connectivity index (χ3v) is 12.8. The first-order valence-corrected chi connectivity index (χ1v) is 16.0. The number of esters is 1. The third kappa shape index (κ3) is 3.74. The van der Waals surface area contributed by atoms with Gasteiger partial charge in [0.05, 0.1) is 44.7 Å². The number of carbonyl (C=O) groups excluding carboxylic acids is 1. The van der Waals surface area contributed by atoms with Gasteiger partial charge in [0.25, 0.3) is 0 Å². The quantitative estimate of drug-likeness (QED) is 0.291. The van der Waals surface area contributed by atoms with Crippen molar-refractivity contribution >= 4 is 5.97 Å². The smallest absolute Gasteiger partial charge is 0.338 e. The monoisotopic (exact) mass is 629 g/mol. The fraction of sp³-hybridized carbons (Fsp3) is 0.735. The molecule has 0 aromatic heterocycles. The molecule has 1 aliphatic heterocycles. The minimum Gasteiger partial charge on any atom is -0.493 e. The van der Waals surface area contributed by atoms with Crippen LogP contribution in [0, 0.1) is 34.5 Å². The Morgan fingerprint density at radius 2 is 1.78 bits per heavy atom. The van der Waals surface area contributed by atoms with Crippen LogP contribution in [0.1, 0.15) is 30.1 Å². The van der Waals surface area contributed by atoms with Crippen molar-refractivity contribution in [1.82, 2.24) is 4.90 Å². The average Bonchev–Trinajstić information content (AvgIpc) is 3.39. The highest BCUT2D eigenvalue weighted by molar-refractivity contribution is 5.90. The van der Waals surface area contributed by atoms with E-state index in [2.05, 4.69) is 17.9 Å². The predicted octanol–water partition coefficient (Wildman–Crippen LogP) is 1.93. The Morgan fingerprint density at radius 1 is 1.02 bits per heavy atom. The van der Waals surface area contributed by atoms with Crippen molar-refractivity contribution in [1.29, 1.82) is 0 Å². The number of piperidine rings is 1. The van der Waals surface area contributed by atoms with E-state index in [1.807, 2.05) is 0 Å². The van der Waals surface area contributed by atoms with Gasteiger partial charge in [-0.1, -0.05) is 18.6 Å². The molecule has 5 aliphatic carbocycles. The molecule has 1 saturated heterocycles. The van der Waals surface area contributed by atoms with Crippen LogP contribution in [0.15, 0.2) is 29.8 Å². The normalized spacial score (nSPS) is 45.7. The molecule has 7 bridgehead atoms. The summed E-state index contributed by atoms with van der Waals surface area (Å²) in [4.78, 5) is 16.4. The van der Waals surface area contributed by atoms with Crippen molar-refractivity contribution in [3.05, 3.63) is 35.4 Å². The highest BCUT2D eigenvalue weighted by atomic mass is 16.6. The number of carbonyl (C=O) groups is 1. The van der Waals surface area contributed by atoms with E-state index >= 15 is 0 Å². The van der Waals surface area contributed by atoms with E-state index in [1.165, 1.54) is 14.2 Å². The van der Waals surface area contributed by atoms with Crippen LogP contribution < -0.4 is 9.47 Å². The van der Waals surface area contributed by atoms with E-state index in [-0.39, 0.29) is 41.9 Å². The maximum atomic E-state index is 13.9. The van der Waals surface area contributed by atoms with Crippen molar-refractivity contribution in [2.75, 3.05) is 62.4 Å². The molecule has 6 aliphatic rings. The third-order valence-electron chi connectivity index (χ3n) is 12.8. The molecule has 1 aromatic carbocycles. The number of aliphatic hydroxyl groups excluding tert-OH is 1. The first kappa shape index (κ1) is 31.4. The van der Waals surface area contributed by atoms with Crippen LogP contribution in [0.2, 0.25) is 0 Å². The van der Waals surface area contributed by atoms with E-state index < -0.39 is 40.7 Å². The van der Waals surface area contributed by atoms with E-state index in [0.717, 1.165) is 12.1 Å². The zero-order valence-electron chi connectivity index (χ0n) is 27.2. The molecule has 248 valence electrons. The van der Waals surface area contributed by atoms with Crippen LogP contribution in [0.3, 0.4) is 0 Å². The number of nitrogens with zero attached hydrogens (tertiary/aromatic N) is 1. The zero-order chi connectivity index (χ0) is 32.1. The maximum absolute atomic E-state index is 13.9. The number of hydrogen-bond donors (Lipinski definition) is 2. The lowest BCUT2D eigenvalue weighted by atomic mass is 9.43. The molecule has 5 fully saturated rings. The standard InChI is InChI=1S/C34H47NO10/c1-8-35-15-32(16-39-2)22(36)13-24(43-6)34-19-14-33(38)23(42-5)12-18(26(29(34)35)27(44-7)28(32)34)25(19)30(33)45-31(37)17-9-10-20(40-3)21(11-17)41-4/h9-12,19,22-30,36,38H,8,13-16H2,1-7H3/t19-,22?,23?,24?,25-,26+,27?,28-,29-,30?,32+,33+,34+/m1/s1. The molecule has 1 heterocycles. The summed E-state index contributed by atoms with van der Waals surface area (Å²) in [5, 5.41) is 24.6. The van der Waals surface area contributed by atoms with E-state index in [4.69, 9.17) is 33.2 Å². The number of rotatable bonds is 10. The highest BCUT2D eigenvalue weighted by Gasteiger charge is 2.85. The molecule has 2 N–H and O–H groups in total. The SMILES string of the molecule is CCN1C[C@]2(COC)C(O)CC(OC)[C@@]34[C@@H]5C[C@]6(O)C(OC)C=C([C@H]5C6OC(=O)c5ccc(OC)c(OC)c5)[C@@H](C(OC)[C@H]23)[C@@H]14. The molecule has 13 atom stereocenters. The van der Waals surface area contributed by atoms with Gasteiger partial charge in [0.2, 0.25) is 0 Å². The van der Waals surface area contributed by atoms with Crippen LogP contribution >= 0.6 is 0 Å². The molecule has 45 heavy (non-hydrogen) atoms. The van der Waals surface area contributed by atoms with Crippen LogP contribution in [0.5, 0.6) is 11.5 Å². The summed E-state index contributed by atoms with van der Waals surface area (Å²) in [5.41, 5.74) is -1.17. The summed E-state index contributed by atoms with van der Waals surface area (Å²) in [6.07, 6.45) is 0.141. The summed E-state index contributed by atoms with van der Waals surface area (Å²) in [5.74, 6) is -0.235. The van der Waals surface area contributed by atoms with Gasteiger partial charge >= 0.3 is 5.97 Å². The van der Waals surface area contributed by atoms with E-state index in [0.29, 0.717) is 43.1 Å². The van der Waals surface area contributed by atoms with Gasteiger partial charge in [-0.25, -0.2) is 4.79 Å². The highest BCUT2D eigenvalue weighted by Crippen LogP contribution is 2.78. The summed E-state index contributed by atoms with van der Waals surface area (Å²) in [6, 6.07) is 4.96. The van der Waals surface area contributed by atoms with Crippen molar-refractivity contribution in [3.63, 3.8) is 0 Å². The predicted molar refractivity (Wildman–Crippen MR) is 161 cm³/mol. The van der Waals surface area contributed by atoms with Gasteiger partial charge < -0.3 is 43.4 Å². The van der Waals surface area contributed by atoms with Crippen molar-refractivity contribution < 1.29 is 48.2 Å². The van der Waals surface area contributed by atoms with Gasteiger partial charge in [0.1, 0.15) is 17.8 Å². The molecule has 4 saturated carbocycles. The van der Waals surface area contributed by atoms with Gasteiger partial charge in [-0.15, -0.1) is 0 Å². The number of methoxy groups -OCH3 is 6. The number of benzene rings is 1. The van der Waals surface area contributed by atoms with E-state index in [9.17, 15) is 15.0 Å². The first-order valence-electron chi connectivity index (χ1n) is 16.0. The van der Waals surface area contributed by atoms with Gasteiger partial charge in [-0.3, -0.25) is 4.90 Å². The Bertz CT molecular complexity index is 1370. The number of aliphatic hydroxyl groups is 2. The number of ether oxygens (including phenoxy) is 7. The van der Waals surface area contributed by atoms with Crippen LogP contribution in [0.4, 0.5) is 0 Å². The molecule has 11 heteroatoms. The fourth-order valence-corrected chi connectivity index (χ4v) is 11.6. The Labute approximate surface area is 264 Å². The summed E-state index contributed by atoms with van der Waals surface area (Å²) >= 11 is 0. The van der Waals surface area contributed by atoms with Gasteiger partial charge in [0, 0.05) is 76.0 Å². The minimum absolute atomic E-state index is 0.0486. The Morgan fingerprint density at radius 3 is 2.40 bits per heavy atom. The lowest BCUT2D eigenvalue weighted by Gasteiger charge is -2.68. The second-order valence-electron chi connectivity index (χ2n) is 13.9. The van der Waals surface area contributed by atoms with Crippen molar-refractivity contribution in [2.24, 2.45) is 34.5 Å². The second kappa shape index (κ2) is 10.9. The molecule has 1 spiro atoms. The fourth-order valence-electron chi connectivity index (χ4n) is 11.6. The van der Waals surface area contributed by atoms with Crippen molar-refractivity contribution in [3.8, 4) is 11.5 Å². The molecular formula is C34H47NO10. The Hall–Kier alpha value is -2.25. The lowest BCUT2D eigenvalue weighted by Crippen LogP contribution is -2.76. The molecule has 0 amide bonds. The van der Waals surface area contributed by atoms with Crippen LogP contribution in [-0.4, -0.2) is 126 Å².